The Morgan fingerprint density at radius 1 is 0.636 bits per heavy atom. The van der Waals surface area contributed by atoms with Crippen molar-refractivity contribution in [1.82, 2.24) is 0 Å². The van der Waals surface area contributed by atoms with E-state index in [1.54, 1.807) is 24.3 Å². The molecule has 2 nitrogen and oxygen atoms in total. The highest BCUT2D eigenvalue weighted by atomic mass is 16.3. The summed E-state index contributed by atoms with van der Waals surface area (Å²) in [5.74, 6) is 0.260. The summed E-state index contributed by atoms with van der Waals surface area (Å²) < 4.78 is 0. The van der Waals surface area contributed by atoms with Gasteiger partial charge in [0.15, 0.2) is 0 Å². The third-order valence-corrected chi connectivity index (χ3v) is 3.91. The van der Waals surface area contributed by atoms with Crippen LogP contribution in [0.25, 0.3) is 0 Å². The second-order valence-electron chi connectivity index (χ2n) is 5.46. The van der Waals surface area contributed by atoms with Crippen molar-refractivity contribution in [2.75, 3.05) is 0 Å². The van der Waals surface area contributed by atoms with Crippen molar-refractivity contribution < 1.29 is 10.2 Å². The van der Waals surface area contributed by atoms with Gasteiger partial charge in [-0.25, -0.2) is 0 Å². The summed E-state index contributed by atoms with van der Waals surface area (Å²) >= 11 is 0. The normalized spacial score (nSPS) is 10.8. The third-order valence-electron chi connectivity index (χ3n) is 3.91. The van der Waals surface area contributed by atoms with Crippen molar-refractivity contribution in [3.8, 4) is 11.5 Å². The van der Waals surface area contributed by atoms with Crippen molar-refractivity contribution in [3.63, 3.8) is 0 Å². The average Bonchev–Trinajstić information content (AvgIpc) is 2.53. The van der Waals surface area contributed by atoms with Crippen LogP contribution in [0.2, 0.25) is 0 Å². The fourth-order valence-corrected chi connectivity index (χ4v) is 2.75. The standard InChI is InChI=1S/C20H18O2/c1-14-10-12-15(13-11-14)20(16-6-2-4-8-18(16)21)17-7-3-5-9-19(17)22/h2-13,20-22H,1H3. The molecule has 3 rings (SSSR count). The Kier molecular flexibility index (Phi) is 3.84. The molecule has 0 saturated carbocycles. The summed E-state index contributed by atoms with van der Waals surface area (Å²) in [6, 6.07) is 22.7. The van der Waals surface area contributed by atoms with E-state index in [1.807, 2.05) is 55.5 Å². The Morgan fingerprint density at radius 2 is 1.09 bits per heavy atom. The smallest absolute Gasteiger partial charge is 0.119 e. The molecule has 0 aliphatic carbocycles. The second-order valence-corrected chi connectivity index (χ2v) is 5.46. The number of hydrogen-bond acceptors (Lipinski definition) is 2. The molecule has 2 N–H and O–H groups in total. The van der Waals surface area contributed by atoms with E-state index in [9.17, 15) is 10.2 Å². The molecule has 0 aromatic heterocycles. The van der Waals surface area contributed by atoms with Crippen LogP contribution >= 0.6 is 0 Å². The molecule has 110 valence electrons. The Hall–Kier alpha value is -2.74. The van der Waals surface area contributed by atoms with E-state index in [0.717, 1.165) is 16.7 Å². The van der Waals surface area contributed by atoms with Crippen LogP contribution in [0.4, 0.5) is 0 Å². The Labute approximate surface area is 130 Å². The number of rotatable bonds is 3. The molecule has 0 aliphatic heterocycles. The molecule has 0 spiro atoms. The zero-order chi connectivity index (χ0) is 15.5. The first-order valence-corrected chi connectivity index (χ1v) is 7.29. The predicted octanol–water partition coefficient (Wildman–Crippen LogP) is 4.59. The third kappa shape index (κ3) is 2.68. The highest BCUT2D eigenvalue weighted by molar-refractivity contribution is 5.52. The van der Waals surface area contributed by atoms with E-state index >= 15 is 0 Å². The first-order chi connectivity index (χ1) is 10.7. The number of benzene rings is 3. The van der Waals surface area contributed by atoms with Crippen LogP contribution in [0.5, 0.6) is 11.5 Å². The van der Waals surface area contributed by atoms with Gasteiger partial charge in [0.2, 0.25) is 0 Å². The van der Waals surface area contributed by atoms with Crippen LogP contribution in [0.15, 0.2) is 72.8 Å². The lowest BCUT2D eigenvalue weighted by Crippen LogP contribution is -2.04. The highest BCUT2D eigenvalue weighted by Gasteiger charge is 2.22. The highest BCUT2D eigenvalue weighted by Crippen LogP contribution is 2.39. The molecule has 0 fully saturated rings. The topological polar surface area (TPSA) is 40.5 Å². The molecule has 0 radical (unpaired) electrons. The number of phenols is 2. The summed E-state index contributed by atoms with van der Waals surface area (Å²) in [5, 5.41) is 20.5. The van der Waals surface area contributed by atoms with Crippen LogP contribution in [0.3, 0.4) is 0 Å². The minimum atomic E-state index is -0.206. The van der Waals surface area contributed by atoms with Gasteiger partial charge in [0.05, 0.1) is 0 Å². The number of aromatic hydroxyl groups is 2. The van der Waals surface area contributed by atoms with Crippen LogP contribution < -0.4 is 0 Å². The van der Waals surface area contributed by atoms with Crippen molar-refractivity contribution in [2.45, 2.75) is 12.8 Å². The van der Waals surface area contributed by atoms with Gasteiger partial charge in [-0.1, -0.05) is 66.2 Å². The molecule has 2 heteroatoms. The molecule has 0 aliphatic rings. The summed E-state index contributed by atoms with van der Waals surface area (Å²) in [6.07, 6.45) is 0. The van der Waals surface area contributed by atoms with Gasteiger partial charge in [0, 0.05) is 17.0 Å². The number of phenolic OH excluding ortho intramolecular Hbond substituents is 2. The van der Waals surface area contributed by atoms with Gasteiger partial charge in [0.25, 0.3) is 0 Å². The van der Waals surface area contributed by atoms with E-state index in [2.05, 4.69) is 0 Å². The lowest BCUT2D eigenvalue weighted by molar-refractivity contribution is 0.458. The van der Waals surface area contributed by atoms with Gasteiger partial charge in [-0.15, -0.1) is 0 Å². The summed E-state index contributed by atoms with van der Waals surface area (Å²) in [4.78, 5) is 0. The van der Waals surface area contributed by atoms with Crippen molar-refractivity contribution in [2.24, 2.45) is 0 Å². The zero-order valence-corrected chi connectivity index (χ0v) is 12.4. The van der Waals surface area contributed by atoms with Gasteiger partial charge in [-0.05, 0) is 24.6 Å². The molecule has 0 saturated heterocycles. The molecule has 0 unspecified atom stereocenters. The first kappa shape index (κ1) is 14.2. The molecular formula is C20H18O2. The van der Waals surface area contributed by atoms with Crippen LogP contribution in [-0.4, -0.2) is 10.2 Å². The van der Waals surface area contributed by atoms with Gasteiger partial charge >= 0.3 is 0 Å². The number of hydrogen-bond donors (Lipinski definition) is 2. The lowest BCUT2D eigenvalue weighted by atomic mass is 9.84. The maximum atomic E-state index is 10.3. The fourth-order valence-electron chi connectivity index (χ4n) is 2.75. The molecule has 3 aromatic carbocycles. The SMILES string of the molecule is Cc1ccc(C(c2ccccc2O)c2ccccc2O)cc1. The first-order valence-electron chi connectivity index (χ1n) is 7.29. The fraction of sp³-hybridized carbons (Fsp3) is 0.100. The number of aryl methyl sites for hydroxylation is 1. The van der Waals surface area contributed by atoms with E-state index in [0.29, 0.717) is 0 Å². The minimum Gasteiger partial charge on any atom is -0.508 e. The second kappa shape index (κ2) is 5.94. The Morgan fingerprint density at radius 3 is 1.55 bits per heavy atom. The molecule has 0 amide bonds. The van der Waals surface area contributed by atoms with Crippen molar-refractivity contribution in [3.05, 3.63) is 95.1 Å². The maximum absolute atomic E-state index is 10.3. The molecule has 0 atom stereocenters. The lowest BCUT2D eigenvalue weighted by Gasteiger charge is -2.21. The largest absolute Gasteiger partial charge is 0.508 e. The zero-order valence-electron chi connectivity index (χ0n) is 12.4. The summed E-state index contributed by atoms with van der Waals surface area (Å²) in [5.41, 5.74) is 3.78. The van der Waals surface area contributed by atoms with Crippen LogP contribution in [0.1, 0.15) is 28.2 Å². The molecular weight excluding hydrogens is 272 g/mol. The summed E-state index contributed by atoms with van der Waals surface area (Å²) in [7, 11) is 0. The Balaban J connectivity index is 2.21. The van der Waals surface area contributed by atoms with Gasteiger partial charge < -0.3 is 10.2 Å². The van der Waals surface area contributed by atoms with Crippen molar-refractivity contribution >= 4 is 0 Å². The van der Waals surface area contributed by atoms with Gasteiger partial charge in [-0.3, -0.25) is 0 Å². The molecule has 0 bridgehead atoms. The predicted molar refractivity (Wildman–Crippen MR) is 88.3 cm³/mol. The number of para-hydroxylation sites is 2. The monoisotopic (exact) mass is 290 g/mol. The van der Waals surface area contributed by atoms with Crippen LogP contribution in [-0.2, 0) is 0 Å². The van der Waals surface area contributed by atoms with E-state index in [1.165, 1.54) is 5.56 Å². The van der Waals surface area contributed by atoms with E-state index in [-0.39, 0.29) is 17.4 Å². The quantitative estimate of drug-likeness (QED) is 0.693. The van der Waals surface area contributed by atoms with Crippen molar-refractivity contribution in [1.29, 1.82) is 0 Å². The van der Waals surface area contributed by atoms with E-state index < -0.39 is 0 Å². The molecule has 0 heterocycles. The maximum Gasteiger partial charge on any atom is 0.119 e. The minimum absolute atomic E-state index is 0.206. The van der Waals surface area contributed by atoms with E-state index in [4.69, 9.17) is 0 Å². The van der Waals surface area contributed by atoms with Gasteiger partial charge in [0.1, 0.15) is 11.5 Å². The molecule has 22 heavy (non-hydrogen) atoms. The summed E-state index contributed by atoms with van der Waals surface area (Å²) in [6.45, 7) is 2.04. The van der Waals surface area contributed by atoms with Gasteiger partial charge in [-0.2, -0.15) is 0 Å². The average molecular weight is 290 g/mol. The Bertz CT molecular complexity index is 730. The van der Waals surface area contributed by atoms with Crippen LogP contribution in [0, 0.1) is 6.92 Å². The molecule has 3 aromatic rings.